The highest BCUT2D eigenvalue weighted by Gasteiger charge is 2.49. The van der Waals surface area contributed by atoms with Gasteiger partial charge in [-0.25, -0.2) is 0 Å². The third-order valence-electron chi connectivity index (χ3n) is 7.53. The van der Waals surface area contributed by atoms with Crippen LogP contribution in [0.3, 0.4) is 0 Å². The van der Waals surface area contributed by atoms with Crippen LogP contribution in [0.25, 0.3) is 0 Å². The summed E-state index contributed by atoms with van der Waals surface area (Å²) in [6.07, 6.45) is 15.3. The van der Waals surface area contributed by atoms with Crippen LogP contribution in [0.4, 0.5) is 0 Å². The quantitative estimate of drug-likeness (QED) is 0.104. The zero-order valence-corrected chi connectivity index (χ0v) is 25.1. The first-order valence-electron chi connectivity index (χ1n) is 15.8. The van der Waals surface area contributed by atoms with Crippen molar-refractivity contribution in [1.82, 2.24) is 0 Å². The summed E-state index contributed by atoms with van der Waals surface area (Å²) < 4.78 is 22.2. The van der Waals surface area contributed by atoms with E-state index in [2.05, 4.69) is 13.8 Å². The number of methoxy groups -OCH3 is 1. The second kappa shape index (κ2) is 23.5. The van der Waals surface area contributed by atoms with Gasteiger partial charge >= 0.3 is 11.9 Å². The summed E-state index contributed by atoms with van der Waals surface area (Å²) >= 11 is 0. The molecule has 8 nitrogen and oxygen atoms in total. The van der Waals surface area contributed by atoms with Crippen LogP contribution in [0.1, 0.15) is 142 Å². The van der Waals surface area contributed by atoms with Crippen molar-refractivity contribution in [2.75, 3.05) is 13.7 Å². The lowest BCUT2D eigenvalue weighted by Crippen LogP contribution is -2.61. The molecule has 1 heterocycles. The van der Waals surface area contributed by atoms with Gasteiger partial charge in [-0.05, 0) is 12.8 Å². The molecule has 1 aliphatic rings. The van der Waals surface area contributed by atoms with Crippen LogP contribution >= 0.6 is 0 Å². The Morgan fingerprint density at radius 2 is 1.03 bits per heavy atom. The van der Waals surface area contributed by atoms with Crippen LogP contribution < -0.4 is 0 Å². The fourth-order valence-corrected chi connectivity index (χ4v) is 5.07. The molecule has 230 valence electrons. The van der Waals surface area contributed by atoms with Crippen molar-refractivity contribution < 1.29 is 38.7 Å². The highest BCUT2D eigenvalue weighted by atomic mass is 16.7. The molecule has 1 unspecified atom stereocenters. The van der Waals surface area contributed by atoms with Gasteiger partial charge in [-0.3, -0.25) is 9.59 Å². The maximum absolute atomic E-state index is 12.6. The van der Waals surface area contributed by atoms with E-state index in [1.807, 2.05) is 0 Å². The SMILES string of the molecule is CCCCCCCCCCCC(=O)O[C@H]1[C@H](O)[C@@H](CO)OC(OC)[C@H]1OC(=O)CCCCCCCCCCC. The fraction of sp³-hybridized carbons (Fsp3) is 0.935. The molecule has 0 bridgehead atoms. The Labute approximate surface area is 237 Å². The molecule has 0 saturated carbocycles. The molecule has 8 heteroatoms. The molecule has 39 heavy (non-hydrogen) atoms. The summed E-state index contributed by atoms with van der Waals surface area (Å²) in [6.45, 7) is 3.94. The number of esters is 2. The molecular weight excluding hydrogens is 500 g/mol. The van der Waals surface area contributed by atoms with Crippen LogP contribution in [0, 0.1) is 0 Å². The van der Waals surface area contributed by atoms with Gasteiger partial charge in [0, 0.05) is 20.0 Å². The highest BCUT2D eigenvalue weighted by Crippen LogP contribution is 2.28. The number of carbonyl (C=O) groups excluding carboxylic acids is 2. The van der Waals surface area contributed by atoms with E-state index in [9.17, 15) is 19.8 Å². The van der Waals surface area contributed by atoms with Gasteiger partial charge in [-0.15, -0.1) is 0 Å². The highest BCUT2D eigenvalue weighted by molar-refractivity contribution is 5.70. The second-order valence-electron chi connectivity index (χ2n) is 11.0. The Balaban J connectivity index is 2.47. The van der Waals surface area contributed by atoms with Gasteiger partial charge in [-0.2, -0.15) is 0 Å². The zero-order valence-electron chi connectivity index (χ0n) is 25.1. The van der Waals surface area contributed by atoms with Crippen LogP contribution in [0.15, 0.2) is 0 Å². The van der Waals surface area contributed by atoms with E-state index in [1.165, 1.54) is 84.2 Å². The van der Waals surface area contributed by atoms with Crippen molar-refractivity contribution in [1.29, 1.82) is 0 Å². The first kappa shape index (κ1) is 35.8. The monoisotopic (exact) mass is 558 g/mol. The number of unbranched alkanes of at least 4 members (excludes halogenated alkanes) is 16. The number of hydrogen-bond acceptors (Lipinski definition) is 8. The number of aliphatic hydroxyl groups is 2. The lowest BCUT2D eigenvalue weighted by molar-refractivity contribution is -0.300. The minimum atomic E-state index is -1.33. The lowest BCUT2D eigenvalue weighted by atomic mass is 9.98. The average Bonchev–Trinajstić information content (AvgIpc) is 2.93. The minimum Gasteiger partial charge on any atom is -0.455 e. The van der Waals surface area contributed by atoms with E-state index >= 15 is 0 Å². The number of carbonyl (C=O) groups is 2. The maximum Gasteiger partial charge on any atom is 0.306 e. The van der Waals surface area contributed by atoms with Gasteiger partial charge in [-0.1, -0.05) is 117 Å². The molecular formula is C31H58O8. The van der Waals surface area contributed by atoms with E-state index in [0.717, 1.165) is 25.7 Å². The number of aliphatic hydroxyl groups excluding tert-OH is 2. The molecule has 0 aromatic carbocycles. The summed E-state index contributed by atoms with van der Waals surface area (Å²) in [5.74, 6) is -0.904. The van der Waals surface area contributed by atoms with Crippen molar-refractivity contribution in [2.24, 2.45) is 0 Å². The third kappa shape index (κ3) is 16.0. The van der Waals surface area contributed by atoms with E-state index in [1.54, 1.807) is 0 Å². The summed E-state index contributed by atoms with van der Waals surface area (Å²) in [5.41, 5.74) is 0. The van der Waals surface area contributed by atoms with Gasteiger partial charge in [0.1, 0.15) is 12.2 Å². The molecule has 0 spiro atoms. The molecule has 1 fully saturated rings. The third-order valence-corrected chi connectivity index (χ3v) is 7.53. The topological polar surface area (TPSA) is 112 Å². The predicted octanol–water partition coefficient (Wildman–Crippen LogP) is 6.38. The molecule has 1 aliphatic heterocycles. The lowest BCUT2D eigenvalue weighted by Gasteiger charge is -2.42. The molecule has 1 saturated heterocycles. The largest absolute Gasteiger partial charge is 0.455 e. The first-order chi connectivity index (χ1) is 19.0. The Morgan fingerprint density at radius 1 is 0.641 bits per heavy atom. The molecule has 1 rings (SSSR count). The van der Waals surface area contributed by atoms with Crippen molar-refractivity contribution >= 4 is 11.9 Å². The number of hydrogen-bond donors (Lipinski definition) is 2. The number of ether oxygens (including phenoxy) is 4. The Bertz CT molecular complexity index is 613. The second-order valence-corrected chi connectivity index (χ2v) is 11.0. The predicted molar refractivity (Wildman–Crippen MR) is 152 cm³/mol. The Morgan fingerprint density at radius 3 is 1.41 bits per heavy atom. The van der Waals surface area contributed by atoms with Crippen molar-refractivity contribution in [2.45, 2.75) is 173 Å². The van der Waals surface area contributed by atoms with Crippen LogP contribution in [0.2, 0.25) is 0 Å². The maximum atomic E-state index is 12.6. The summed E-state index contributed by atoms with van der Waals surface area (Å²) in [6, 6.07) is 0. The van der Waals surface area contributed by atoms with E-state index in [-0.39, 0.29) is 12.8 Å². The van der Waals surface area contributed by atoms with E-state index in [0.29, 0.717) is 12.8 Å². The van der Waals surface area contributed by atoms with Crippen molar-refractivity contribution in [3.63, 3.8) is 0 Å². The van der Waals surface area contributed by atoms with Crippen LogP contribution in [0.5, 0.6) is 0 Å². The molecule has 0 aliphatic carbocycles. The van der Waals surface area contributed by atoms with E-state index < -0.39 is 49.3 Å². The molecule has 0 amide bonds. The summed E-state index contributed by atoms with van der Waals surface area (Å²) in [5, 5.41) is 20.4. The molecule has 0 radical (unpaired) electrons. The zero-order chi connectivity index (χ0) is 28.7. The Kier molecular flexibility index (Phi) is 21.6. The molecule has 2 N–H and O–H groups in total. The van der Waals surface area contributed by atoms with Crippen molar-refractivity contribution in [3.8, 4) is 0 Å². The standard InChI is InChI=1S/C31H58O8/c1-4-6-8-10-12-14-16-18-20-22-26(33)38-29-28(35)25(24-32)37-31(36-3)30(29)39-27(34)23-21-19-17-15-13-11-9-7-5-2/h25,28-32,35H,4-24H2,1-3H3/t25-,28-,29+,30+,31?/m1/s1. The van der Waals surface area contributed by atoms with Gasteiger partial charge in [0.15, 0.2) is 18.5 Å². The van der Waals surface area contributed by atoms with E-state index in [4.69, 9.17) is 18.9 Å². The smallest absolute Gasteiger partial charge is 0.306 e. The molecule has 5 atom stereocenters. The van der Waals surface area contributed by atoms with Crippen LogP contribution in [-0.4, -0.2) is 66.6 Å². The minimum absolute atomic E-state index is 0.223. The molecule has 0 aromatic rings. The molecule has 0 aromatic heterocycles. The first-order valence-corrected chi connectivity index (χ1v) is 15.8. The normalized spacial score (nSPS) is 23.1. The van der Waals surface area contributed by atoms with Crippen molar-refractivity contribution in [3.05, 3.63) is 0 Å². The van der Waals surface area contributed by atoms with Gasteiger partial charge in [0.2, 0.25) is 0 Å². The van der Waals surface area contributed by atoms with Gasteiger partial charge in [0.05, 0.1) is 6.61 Å². The summed E-state index contributed by atoms with van der Waals surface area (Å²) in [4.78, 5) is 25.2. The van der Waals surface area contributed by atoms with Gasteiger partial charge in [0.25, 0.3) is 0 Å². The van der Waals surface area contributed by atoms with Crippen LogP contribution in [-0.2, 0) is 28.5 Å². The average molecular weight is 559 g/mol. The summed E-state index contributed by atoms with van der Waals surface area (Å²) in [7, 11) is 1.39. The number of rotatable bonds is 24. The fourth-order valence-electron chi connectivity index (χ4n) is 5.07. The van der Waals surface area contributed by atoms with Gasteiger partial charge < -0.3 is 29.2 Å². The Hall–Kier alpha value is -1.22.